The fourth-order valence-electron chi connectivity index (χ4n) is 4.73. The van der Waals surface area contributed by atoms with Gasteiger partial charge in [0.05, 0.1) is 17.5 Å². The molecular weight excluding hydrogens is 388 g/mol. The third-order valence-corrected chi connectivity index (χ3v) is 6.30. The molecule has 1 aliphatic carbocycles. The lowest BCUT2D eigenvalue weighted by atomic mass is 9.81. The van der Waals surface area contributed by atoms with Crippen LogP contribution in [0, 0.1) is 25.7 Å². The van der Waals surface area contributed by atoms with E-state index >= 15 is 0 Å². The minimum absolute atomic E-state index is 0.161. The highest BCUT2D eigenvalue weighted by atomic mass is 16.5. The summed E-state index contributed by atoms with van der Waals surface area (Å²) in [6.07, 6.45) is 1.98. The van der Waals surface area contributed by atoms with Crippen molar-refractivity contribution in [2.75, 3.05) is 0 Å². The molecule has 2 aliphatic rings. The number of carbonyl (C=O) groups is 5. The number of imide groups is 1. The maximum atomic E-state index is 12.8. The number of hydrogen-bond acceptors (Lipinski definition) is 6. The van der Waals surface area contributed by atoms with Crippen LogP contribution in [0.25, 0.3) is 0 Å². The van der Waals surface area contributed by atoms with Gasteiger partial charge in [-0.25, -0.2) is 4.79 Å². The molecule has 4 atom stereocenters. The summed E-state index contributed by atoms with van der Waals surface area (Å²) in [5.74, 6) is -2.79. The van der Waals surface area contributed by atoms with E-state index in [2.05, 4.69) is 4.98 Å². The number of aryl methyl sites for hydroxylation is 1. The third kappa shape index (κ3) is 3.59. The van der Waals surface area contributed by atoms with Crippen molar-refractivity contribution in [2.24, 2.45) is 11.8 Å². The zero-order chi connectivity index (χ0) is 22.3. The molecular formula is C22H28N2O6. The van der Waals surface area contributed by atoms with E-state index in [-0.39, 0.29) is 35.1 Å². The van der Waals surface area contributed by atoms with Crippen molar-refractivity contribution < 1.29 is 28.7 Å². The minimum atomic E-state index is -1.13. The third-order valence-electron chi connectivity index (χ3n) is 6.30. The maximum absolute atomic E-state index is 12.8. The van der Waals surface area contributed by atoms with Gasteiger partial charge in [-0.05, 0) is 53.0 Å². The summed E-state index contributed by atoms with van der Waals surface area (Å²) in [6.45, 7) is 7.66. The van der Waals surface area contributed by atoms with Crippen LogP contribution < -0.4 is 0 Å². The lowest BCUT2D eigenvalue weighted by Crippen LogP contribution is -2.45. The number of hydrogen-bond donors (Lipinski definition) is 1. The highest BCUT2D eigenvalue weighted by molar-refractivity contribution is 6.08. The summed E-state index contributed by atoms with van der Waals surface area (Å²) in [5, 5.41) is 0. The molecule has 1 N–H and O–H groups in total. The quantitative estimate of drug-likeness (QED) is 0.433. The molecule has 8 heteroatoms. The highest BCUT2D eigenvalue weighted by Crippen LogP contribution is 2.39. The Morgan fingerprint density at radius 3 is 2.03 bits per heavy atom. The Labute approximate surface area is 175 Å². The molecule has 1 saturated carbocycles. The van der Waals surface area contributed by atoms with Crippen molar-refractivity contribution >= 4 is 29.4 Å². The van der Waals surface area contributed by atoms with Gasteiger partial charge in [-0.2, -0.15) is 0 Å². The largest absolute Gasteiger partial charge is 0.453 e. The van der Waals surface area contributed by atoms with Crippen LogP contribution in [-0.4, -0.2) is 51.4 Å². The van der Waals surface area contributed by atoms with Crippen LogP contribution in [0.15, 0.2) is 0 Å². The Bertz CT molecular complexity index is 906. The highest BCUT2D eigenvalue weighted by Gasteiger charge is 2.51. The van der Waals surface area contributed by atoms with E-state index in [4.69, 9.17) is 4.74 Å². The first-order valence-corrected chi connectivity index (χ1v) is 10.4. The lowest BCUT2D eigenvalue weighted by molar-refractivity contribution is -0.159. The number of aromatic amines is 1. The summed E-state index contributed by atoms with van der Waals surface area (Å²) in [5.41, 5.74) is 1.74. The van der Waals surface area contributed by atoms with E-state index < -0.39 is 23.9 Å². The summed E-state index contributed by atoms with van der Waals surface area (Å²) in [6, 6.07) is -1.09. The Morgan fingerprint density at radius 1 is 1.03 bits per heavy atom. The molecule has 2 amide bonds. The van der Waals surface area contributed by atoms with E-state index in [1.807, 2.05) is 0 Å². The molecule has 2 fully saturated rings. The molecule has 0 unspecified atom stereocenters. The monoisotopic (exact) mass is 416 g/mol. The van der Waals surface area contributed by atoms with Gasteiger partial charge in [-0.3, -0.25) is 24.1 Å². The minimum Gasteiger partial charge on any atom is -0.453 e. The summed E-state index contributed by atoms with van der Waals surface area (Å²) in [7, 11) is 0. The van der Waals surface area contributed by atoms with Gasteiger partial charge < -0.3 is 9.72 Å². The number of nitrogens with one attached hydrogen (secondary N) is 1. The van der Waals surface area contributed by atoms with Crippen molar-refractivity contribution in [1.82, 2.24) is 9.88 Å². The Kier molecular flexibility index (Phi) is 5.97. The molecule has 1 saturated heterocycles. The second-order valence-electron chi connectivity index (χ2n) is 8.34. The van der Waals surface area contributed by atoms with Gasteiger partial charge in [0.2, 0.25) is 17.6 Å². The van der Waals surface area contributed by atoms with Gasteiger partial charge in [-0.1, -0.05) is 12.8 Å². The van der Waals surface area contributed by atoms with Gasteiger partial charge in [0, 0.05) is 11.3 Å². The van der Waals surface area contributed by atoms with Crippen molar-refractivity contribution in [3.63, 3.8) is 0 Å². The Balaban J connectivity index is 1.72. The number of ketones is 2. The van der Waals surface area contributed by atoms with Gasteiger partial charge in [-0.15, -0.1) is 0 Å². The number of aromatic nitrogens is 1. The zero-order valence-corrected chi connectivity index (χ0v) is 18.0. The Morgan fingerprint density at radius 2 is 1.57 bits per heavy atom. The average molecular weight is 416 g/mol. The van der Waals surface area contributed by atoms with Crippen LogP contribution in [0.3, 0.4) is 0 Å². The Hall–Kier alpha value is -2.77. The predicted molar refractivity (Wildman–Crippen MR) is 107 cm³/mol. The number of H-pyrrole nitrogens is 1. The second-order valence-corrected chi connectivity index (χ2v) is 8.34. The molecule has 0 radical (unpaired) electrons. The molecule has 8 nitrogen and oxygen atoms in total. The normalized spacial score (nSPS) is 23.2. The first-order valence-electron chi connectivity index (χ1n) is 10.4. The van der Waals surface area contributed by atoms with Crippen molar-refractivity contribution in [3.05, 3.63) is 22.5 Å². The fraction of sp³-hybridized carbons (Fsp3) is 0.591. The number of esters is 1. The number of ether oxygens (including phenoxy) is 1. The SMILES string of the molecule is CC(=O)c1c(C)[nH]c(C(=O)[C@H](C)OC(=O)[C@H](C)N2C(=O)[C@H]3CCCC[C@H]3C2=O)c1C. The smallest absolute Gasteiger partial charge is 0.329 e. The van der Waals surface area contributed by atoms with Gasteiger partial charge in [0.1, 0.15) is 6.04 Å². The molecule has 162 valence electrons. The van der Waals surface area contributed by atoms with Crippen LogP contribution in [0.2, 0.25) is 0 Å². The lowest BCUT2D eigenvalue weighted by Gasteiger charge is -2.23. The molecule has 2 heterocycles. The number of carbonyl (C=O) groups excluding carboxylic acids is 5. The number of amides is 2. The summed E-state index contributed by atoms with van der Waals surface area (Å²) >= 11 is 0. The average Bonchev–Trinajstić information content (AvgIpc) is 3.13. The van der Waals surface area contributed by atoms with E-state index in [0.29, 0.717) is 29.7 Å². The molecule has 1 aromatic rings. The number of likely N-dealkylation sites (tertiary alicyclic amines) is 1. The molecule has 0 bridgehead atoms. The first kappa shape index (κ1) is 21.9. The molecule has 0 spiro atoms. The van der Waals surface area contributed by atoms with E-state index in [0.717, 1.165) is 17.7 Å². The van der Waals surface area contributed by atoms with Crippen LogP contribution in [0.4, 0.5) is 0 Å². The number of rotatable bonds is 6. The predicted octanol–water partition coefficient (Wildman–Crippen LogP) is 2.51. The number of Topliss-reactive ketones (excluding diaryl/α,β-unsaturated/α-hetero) is 2. The summed E-state index contributed by atoms with van der Waals surface area (Å²) < 4.78 is 5.32. The second kappa shape index (κ2) is 8.16. The van der Waals surface area contributed by atoms with Crippen molar-refractivity contribution in [2.45, 2.75) is 72.4 Å². The van der Waals surface area contributed by atoms with E-state index in [1.54, 1.807) is 13.8 Å². The van der Waals surface area contributed by atoms with Gasteiger partial charge >= 0.3 is 5.97 Å². The molecule has 0 aromatic carbocycles. The number of fused-ring (bicyclic) bond motifs is 1. The van der Waals surface area contributed by atoms with Crippen LogP contribution in [0.1, 0.15) is 78.6 Å². The first-order chi connectivity index (χ1) is 14.1. The molecule has 30 heavy (non-hydrogen) atoms. The van der Waals surface area contributed by atoms with Crippen LogP contribution in [-0.2, 0) is 19.1 Å². The van der Waals surface area contributed by atoms with Gasteiger partial charge in [0.15, 0.2) is 11.9 Å². The van der Waals surface area contributed by atoms with E-state index in [1.165, 1.54) is 20.8 Å². The standard InChI is InChI=1S/C22H28N2O6/c1-10-17(13(4)25)11(2)23-18(10)19(26)14(5)30-22(29)12(3)24-20(27)15-8-6-7-9-16(15)21(24)28/h12,14-16,23H,6-9H2,1-5H3/t12-,14-,15-,16+/m0/s1. The van der Waals surface area contributed by atoms with Crippen molar-refractivity contribution in [3.8, 4) is 0 Å². The maximum Gasteiger partial charge on any atom is 0.329 e. The fourth-order valence-corrected chi connectivity index (χ4v) is 4.73. The molecule has 1 aliphatic heterocycles. The van der Waals surface area contributed by atoms with Crippen LogP contribution >= 0.6 is 0 Å². The van der Waals surface area contributed by atoms with Crippen LogP contribution in [0.5, 0.6) is 0 Å². The van der Waals surface area contributed by atoms with Crippen molar-refractivity contribution in [1.29, 1.82) is 0 Å². The topological polar surface area (TPSA) is 114 Å². The molecule has 3 rings (SSSR count). The molecule has 1 aromatic heterocycles. The van der Waals surface area contributed by atoms with Gasteiger partial charge in [0.25, 0.3) is 0 Å². The number of nitrogens with zero attached hydrogens (tertiary/aromatic N) is 1. The van der Waals surface area contributed by atoms with E-state index in [9.17, 15) is 24.0 Å². The summed E-state index contributed by atoms with van der Waals surface area (Å²) in [4.78, 5) is 66.5. The zero-order valence-electron chi connectivity index (χ0n) is 18.0.